The minimum Gasteiger partial charge on any atom is -0.454 e. The Balaban J connectivity index is 1.55. The first-order valence-electron chi connectivity index (χ1n) is 8.99. The summed E-state index contributed by atoms with van der Waals surface area (Å²) in [7, 11) is 4.21. The van der Waals surface area contributed by atoms with E-state index in [9.17, 15) is 4.79 Å². The van der Waals surface area contributed by atoms with Crippen LogP contribution in [0.2, 0.25) is 0 Å². The highest BCUT2D eigenvalue weighted by molar-refractivity contribution is 5.95. The Kier molecular flexibility index (Phi) is 4.33. The lowest BCUT2D eigenvalue weighted by molar-refractivity contribution is -0.00451. The number of amides is 1. The summed E-state index contributed by atoms with van der Waals surface area (Å²) < 4.78 is 16.4. The fourth-order valence-electron chi connectivity index (χ4n) is 4.44. The third kappa shape index (κ3) is 3.09. The van der Waals surface area contributed by atoms with Crippen molar-refractivity contribution in [2.24, 2.45) is 11.3 Å². The summed E-state index contributed by atoms with van der Waals surface area (Å²) in [5, 5.41) is 0. The number of ether oxygens (including phenoxy) is 3. The number of likely N-dealkylation sites (tertiary alicyclic amines) is 1. The summed E-state index contributed by atoms with van der Waals surface area (Å²) in [5.74, 6) is 1.95. The first-order chi connectivity index (χ1) is 12.1. The average Bonchev–Trinajstić information content (AvgIpc) is 3.19. The molecule has 1 amide bonds. The lowest BCUT2D eigenvalue weighted by Gasteiger charge is -2.38. The zero-order chi connectivity index (χ0) is 17.4. The van der Waals surface area contributed by atoms with E-state index in [1.54, 1.807) is 6.07 Å². The standard InChI is InChI=1S/C19H26N2O4/c1-20(2)10-15-11-21(12-19(15)5-7-23-8-6-19)18(22)14-3-4-16-17(9-14)25-13-24-16/h3-4,9,15H,5-8,10-13H2,1-2H3. The second kappa shape index (κ2) is 6.50. The Morgan fingerprint density at radius 1 is 1.24 bits per heavy atom. The van der Waals surface area contributed by atoms with Gasteiger partial charge in [0.1, 0.15) is 0 Å². The molecule has 1 aromatic carbocycles. The monoisotopic (exact) mass is 346 g/mol. The van der Waals surface area contributed by atoms with Crippen molar-refractivity contribution in [1.29, 1.82) is 0 Å². The normalized spacial score (nSPS) is 24.3. The molecule has 1 unspecified atom stereocenters. The highest BCUT2D eigenvalue weighted by Crippen LogP contribution is 2.45. The minimum absolute atomic E-state index is 0.0884. The molecule has 0 radical (unpaired) electrons. The first-order valence-corrected chi connectivity index (χ1v) is 8.99. The van der Waals surface area contributed by atoms with Crippen molar-refractivity contribution >= 4 is 5.91 Å². The summed E-state index contributed by atoms with van der Waals surface area (Å²) >= 11 is 0. The molecular weight excluding hydrogens is 320 g/mol. The SMILES string of the molecule is CN(C)CC1CN(C(=O)c2ccc3c(c2)OCO3)CC12CCOCC2. The van der Waals surface area contributed by atoms with Crippen molar-refractivity contribution in [3.05, 3.63) is 23.8 Å². The van der Waals surface area contributed by atoms with Gasteiger partial charge in [-0.1, -0.05) is 0 Å². The topological polar surface area (TPSA) is 51.2 Å². The number of benzene rings is 1. The van der Waals surface area contributed by atoms with E-state index >= 15 is 0 Å². The molecular formula is C19H26N2O4. The van der Waals surface area contributed by atoms with E-state index in [1.165, 1.54) is 0 Å². The van der Waals surface area contributed by atoms with Gasteiger partial charge in [-0.3, -0.25) is 4.79 Å². The summed E-state index contributed by atoms with van der Waals surface area (Å²) in [6.45, 7) is 4.47. The Morgan fingerprint density at radius 2 is 2.00 bits per heavy atom. The van der Waals surface area contributed by atoms with E-state index in [1.807, 2.05) is 17.0 Å². The fourth-order valence-corrected chi connectivity index (χ4v) is 4.44. The van der Waals surface area contributed by atoms with Crippen LogP contribution in [0.4, 0.5) is 0 Å². The van der Waals surface area contributed by atoms with Crippen LogP contribution in [0.25, 0.3) is 0 Å². The van der Waals surface area contributed by atoms with E-state index in [2.05, 4.69) is 19.0 Å². The van der Waals surface area contributed by atoms with Crippen LogP contribution in [0.15, 0.2) is 18.2 Å². The third-order valence-corrected chi connectivity index (χ3v) is 5.79. The van der Waals surface area contributed by atoms with Gasteiger partial charge in [0.25, 0.3) is 5.91 Å². The summed E-state index contributed by atoms with van der Waals surface area (Å²) in [5.41, 5.74) is 0.867. The quantitative estimate of drug-likeness (QED) is 0.836. The Bertz CT molecular complexity index is 655. The zero-order valence-corrected chi connectivity index (χ0v) is 15.0. The van der Waals surface area contributed by atoms with Crippen LogP contribution in [0.5, 0.6) is 11.5 Å². The predicted molar refractivity (Wildman–Crippen MR) is 93.0 cm³/mol. The average molecular weight is 346 g/mol. The van der Waals surface area contributed by atoms with E-state index in [-0.39, 0.29) is 18.1 Å². The molecule has 2 saturated heterocycles. The fraction of sp³-hybridized carbons (Fsp3) is 0.632. The van der Waals surface area contributed by atoms with Gasteiger partial charge in [-0.05, 0) is 56.5 Å². The van der Waals surface area contributed by atoms with Crippen LogP contribution in [0.1, 0.15) is 23.2 Å². The Labute approximate surface area is 148 Å². The first kappa shape index (κ1) is 16.7. The minimum atomic E-state index is 0.0884. The maximum Gasteiger partial charge on any atom is 0.254 e. The molecule has 6 heteroatoms. The predicted octanol–water partition coefficient (Wildman–Crippen LogP) is 1.85. The largest absolute Gasteiger partial charge is 0.454 e. The molecule has 0 saturated carbocycles. The van der Waals surface area contributed by atoms with Crippen molar-refractivity contribution < 1.29 is 19.0 Å². The Morgan fingerprint density at radius 3 is 2.76 bits per heavy atom. The van der Waals surface area contributed by atoms with Crippen LogP contribution in [-0.2, 0) is 4.74 Å². The van der Waals surface area contributed by atoms with Crippen molar-refractivity contribution in [1.82, 2.24) is 9.80 Å². The van der Waals surface area contributed by atoms with Gasteiger partial charge in [0.2, 0.25) is 6.79 Å². The van der Waals surface area contributed by atoms with E-state index in [0.717, 1.165) is 45.7 Å². The second-order valence-electron chi connectivity index (χ2n) is 7.69. The molecule has 1 spiro atoms. The molecule has 0 bridgehead atoms. The number of hydrogen-bond acceptors (Lipinski definition) is 5. The summed E-state index contributed by atoms with van der Waals surface area (Å²) in [6, 6.07) is 5.47. The molecule has 1 aromatic rings. The number of carbonyl (C=O) groups is 1. The van der Waals surface area contributed by atoms with Gasteiger partial charge in [-0.25, -0.2) is 0 Å². The van der Waals surface area contributed by atoms with Gasteiger partial charge in [-0.15, -0.1) is 0 Å². The lowest BCUT2D eigenvalue weighted by atomic mass is 9.72. The van der Waals surface area contributed by atoms with E-state index in [0.29, 0.717) is 23.0 Å². The molecule has 0 aliphatic carbocycles. The smallest absolute Gasteiger partial charge is 0.254 e. The number of nitrogens with zero attached hydrogens (tertiary/aromatic N) is 2. The van der Waals surface area contributed by atoms with Crippen LogP contribution in [0.3, 0.4) is 0 Å². The summed E-state index contributed by atoms with van der Waals surface area (Å²) in [6.07, 6.45) is 2.08. The maximum atomic E-state index is 13.1. The van der Waals surface area contributed by atoms with Crippen molar-refractivity contribution in [2.45, 2.75) is 12.8 Å². The molecule has 0 aromatic heterocycles. The molecule has 1 atom stereocenters. The molecule has 25 heavy (non-hydrogen) atoms. The molecule has 3 heterocycles. The number of rotatable bonds is 3. The Hall–Kier alpha value is -1.79. The van der Waals surface area contributed by atoms with Gasteiger partial charge < -0.3 is 24.0 Å². The number of carbonyl (C=O) groups excluding carboxylic acids is 1. The van der Waals surface area contributed by atoms with Gasteiger partial charge in [-0.2, -0.15) is 0 Å². The highest BCUT2D eigenvalue weighted by atomic mass is 16.7. The van der Waals surface area contributed by atoms with Crippen LogP contribution in [0, 0.1) is 11.3 Å². The lowest BCUT2D eigenvalue weighted by Crippen LogP contribution is -2.40. The van der Waals surface area contributed by atoms with Crippen LogP contribution in [-0.4, -0.2) is 69.4 Å². The molecule has 4 rings (SSSR count). The summed E-state index contributed by atoms with van der Waals surface area (Å²) in [4.78, 5) is 17.3. The third-order valence-electron chi connectivity index (χ3n) is 5.79. The van der Waals surface area contributed by atoms with Gasteiger partial charge in [0.15, 0.2) is 11.5 Å². The van der Waals surface area contributed by atoms with Gasteiger partial charge >= 0.3 is 0 Å². The van der Waals surface area contributed by atoms with Crippen molar-refractivity contribution in [3.8, 4) is 11.5 Å². The molecule has 2 fully saturated rings. The van der Waals surface area contributed by atoms with Crippen LogP contribution >= 0.6 is 0 Å². The zero-order valence-electron chi connectivity index (χ0n) is 15.0. The molecule has 3 aliphatic heterocycles. The van der Waals surface area contributed by atoms with Crippen molar-refractivity contribution in [2.75, 3.05) is 53.7 Å². The second-order valence-corrected chi connectivity index (χ2v) is 7.69. The van der Waals surface area contributed by atoms with Crippen LogP contribution < -0.4 is 9.47 Å². The molecule has 3 aliphatic rings. The van der Waals surface area contributed by atoms with Gasteiger partial charge in [0.05, 0.1) is 0 Å². The molecule has 136 valence electrons. The van der Waals surface area contributed by atoms with Gasteiger partial charge in [0, 0.05) is 38.4 Å². The maximum absolute atomic E-state index is 13.1. The molecule has 6 nitrogen and oxygen atoms in total. The van der Waals surface area contributed by atoms with E-state index in [4.69, 9.17) is 14.2 Å². The number of hydrogen-bond donors (Lipinski definition) is 0. The van der Waals surface area contributed by atoms with Crippen molar-refractivity contribution in [3.63, 3.8) is 0 Å². The number of fused-ring (bicyclic) bond motifs is 1. The van der Waals surface area contributed by atoms with E-state index < -0.39 is 0 Å². The molecule has 0 N–H and O–H groups in total. The highest BCUT2D eigenvalue weighted by Gasteiger charge is 2.48.